The van der Waals surface area contributed by atoms with E-state index in [4.69, 9.17) is 9.47 Å². The number of fused-ring (bicyclic) bond motifs is 1. The minimum atomic E-state index is -1.41. The van der Waals surface area contributed by atoms with E-state index in [-0.39, 0.29) is 11.1 Å². The number of benzene rings is 1. The number of rotatable bonds is 5. The van der Waals surface area contributed by atoms with E-state index in [1.165, 1.54) is 33.1 Å². The molecule has 2 amide bonds. The Hall–Kier alpha value is -2.25. The molecule has 0 radical (unpaired) electrons. The lowest BCUT2D eigenvalue weighted by Gasteiger charge is -2.27. The maximum Gasteiger partial charge on any atom is 0.328 e. The van der Waals surface area contributed by atoms with Crippen LogP contribution in [0.15, 0.2) is 24.3 Å². The molecule has 1 aromatic rings. The van der Waals surface area contributed by atoms with E-state index < -0.39 is 36.2 Å². The van der Waals surface area contributed by atoms with Crippen LogP contribution in [0.5, 0.6) is 0 Å². The molecule has 1 aliphatic rings. The van der Waals surface area contributed by atoms with Gasteiger partial charge in [-0.2, -0.15) is 0 Å². The number of esters is 1. The van der Waals surface area contributed by atoms with E-state index in [1.807, 2.05) is 0 Å². The Bertz CT molecular complexity index is 584. The number of hydrogen-bond acceptors (Lipinski definition) is 6. The number of ether oxygens (including phenoxy) is 2. The molecule has 0 bridgehead atoms. The molecule has 7 nitrogen and oxygen atoms in total. The average Bonchev–Trinajstić information content (AvgIpc) is 2.69. The molecule has 0 fully saturated rings. The molecule has 0 unspecified atom stereocenters. The van der Waals surface area contributed by atoms with Crippen LogP contribution in [0.25, 0.3) is 0 Å². The largest absolute Gasteiger partial charge is 0.431 e. The van der Waals surface area contributed by atoms with Gasteiger partial charge in [0.05, 0.1) is 11.1 Å². The van der Waals surface area contributed by atoms with Crippen molar-refractivity contribution in [1.29, 1.82) is 0 Å². The van der Waals surface area contributed by atoms with Crippen molar-refractivity contribution in [2.75, 3.05) is 13.7 Å². The lowest BCUT2D eigenvalue weighted by Crippen LogP contribution is -2.44. The van der Waals surface area contributed by atoms with Crippen molar-refractivity contribution in [2.24, 2.45) is 0 Å². The van der Waals surface area contributed by atoms with Gasteiger partial charge in [-0.05, 0) is 26.0 Å². The predicted molar refractivity (Wildman–Crippen MR) is 75.0 cm³/mol. The minimum Gasteiger partial charge on any atom is -0.431 e. The first kappa shape index (κ1) is 16.1. The van der Waals surface area contributed by atoms with Gasteiger partial charge in [-0.25, -0.2) is 0 Å². The Morgan fingerprint density at radius 1 is 1.23 bits per heavy atom. The summed E-state index contributed by atoms with van der Waals surface area (Å²) in [4.78, 5) is 36.9. The summed E-state index contributed by atoms with van der Waals surface area (Å²) < 4.78 is 9.85. The van der Waals surface area contributed by atoms with Gasteiger partial charge in [0.1, 0.15) is 12.1 Å². The van der Waals surface area contributed by atoms with E-state index in [0.29, 0.717) is 0 Å². The number of carbonyl (C=O) groups is 3. The molecule has 0 saturated heterocycles. The fourth-order valence-electron chi connectivity index (χ4n) is 2.15. The molecule has 0 spiro atoms. The van der Waals surface area contributed by atoms with Crippen LogP contribution in [-0.4, -0.2) is 53.3 Å². The summed E-state index contributed by atoms with van der Waals surface area (Å²) in [5.74, 6) is -1.94. The van der Waals surface area contributed by atoms with E-state index in [0.717, 1.165) is 4.90 Å². The van der Waals surface area contributed by atoms with Crippen LogP contribution in [0, 0.1) is 0 Å². The summed E-state index contributed by atoms with van der Waals surface area (Å²) in [7, 11) is 1.28. The zero-order valence-corrected chi connectivity index (χ0v) is 12.5. The van der Waals surface area contributed by atoms with Crippen LogP contribution >= 0.6 is 0 Å². The first-order valence-electron chi connectivity index (χ1n) is 6.65. The van der Waals surface area contributed by atoms with Gasteiger partial charge in [0.25, 0.3) is 11.8 Å². The van der Waals surface area contributed by atoms with Gasteiger partial charge in [0.15, 0.2) is 0 Å². The normalized spacial score (nSPS) is 15.7. The fraction of sp³-hybridized carbons (Fsp3) is 0.400. The van der Waals surface area contributed by atoms with Gasteiger partial charge < -0.3 is 14.6 Å². The van der Waals surface area contributed by atoms with Crippen molar-refractivity contribution in [3.63, 3.8) is 0 Å². The highest BCUT2D eigenvalue weighted by molar-refractivity contribution is 6.22. The van der Waals surface area contributed by atoms with Crippen LogP contribution in [0.4, 0.5) is 0 Å². The van der Waals surface area contributed by atoms with E-state index >= 15 is 0 Å². The number of methoxy groups -OCH3 is 1. The van der Waals surface area contributed by atoms with Gasteiger partial charge >= 0.3 is 5.97 Å². The third kappa shape index (κ3) is 3.00. The molecule has 7 heteroatoms. The third-order valence-corrected chi connectivity index (χ3v) is 3.19. The monoisotopic (exact) mass is 307 g/mol. The number of nitrogens with zero attached hydrogens (tertiary/aromatic N) is 1. The van der Waals surface area contributed by atoms with Gasteiger partial charge in [-0.1, -0.05) is 12.1 Å². The Balaban J connectivity index is 2.08. The van der Waals surface area contributed by atoms with Crippen LogP contribution in [0.2, 0.25) is 0 Å². The van der Waals surface area contributed by atoms with Crippen molar-refractivity contribution in [3.8, 4) is 0 Å². The molecule has 1 aliphatic heterocycles. The zero-order chi connectivity index (χ0) is 16.5. The Morgan fingerprint density at radius 3 is 2.14 bits per heavy atom. The van der Waals surface area contributed by atoms with Crippen LogP contribution in [-0.2, 0) is 14.3 Å². The van der Waals surface area contributed by atoms with Crippen molar-refractivity contribution >= 4 is 17.8 Å². The summed E-state index contributed by atoms with van der Waals surface area (Å²) in [6.07, 6.45) is -1.20. The molecule has 1 aromatic carbocycles. The number of aliphatic hydroxyl groups is 1. The Labute approximate surface area is 127 Å². The van der Waals surface area contributed by atoms with Gasteiger partial charge in [-0.15, -0.1) is 0 Å². The minimum absolute atomic E-state index is 0.256. The van der Waals surface area contributed by atoms with Gasteiger partial charge in [0.2, 0.25) is 6.29 Å². The standard InChI is InChI=1S/C15H17NO6/c1-15(2,20)14(21-3)22-11(17)8-16-12(18)9-6-4-5-7-10(9)13(16)19/h4-7,14,20H,8H2,1-3H3/t14-/m1/s1. The van der Waals surface area contributed by atoms with Crippen molar-refractivity contribution < 1.29 is 29.0 Å². The van der Waals surface area contributed by atoms with Gasteiger partial charge in [0, 0.05) is 7.11 Å². The average molecular weight is 307 g/mol. The smallest absolute Gasteiger partial charge is 0.328 e. The predicted octanol–water partition coefficient (Wildman–Crippen LogP) is 0.569. The fourth-order valence-corrected chi connectivity index (χ4v) is 2.15. The van der Waals surface area contributed by atoms with Crippen LogP contribution < -0.4 is 0 Å². The molecule has 1 atom stereocenters. The lowest BCUT2D eigenvalue weighted by molar-refractivity contribution is -0.216. The summed E-state index contributed by atoms with van der Waals surface area (Å²) in [6.45, 7) is 2.29. The van der Waals surface area contributed by atoms with E-state index in [2.05, 4.69) is 0 Å². The first-order chi connectivity index (χ1) is 10.3. The highest BCUT2D eigenvalue weighted by atomic mass is 16.7. The highest BCUT2D eigenvalue weighted by Crippen LogP contribution is 2.22. The molecule has 22 heavy (non-hydrogen) atoms. The lowest BCUT2D eigenvalue weighted by atomic mass is 10.1. The molecular formula is C15H17NO6. The maximum absolute atomic E-state index is 12.1. The Morgan fingerprint density at radius 2 is 1.73 bits per heavy atom. The number of amides is 2. The summed E-state index contributed by atoms with van der Waals surface area (Å²) in [5.41, 5.74) is -0.899. The second-order valence-corrected chi connectivity index (χ2v) is 5.45. The number of carbonyl (C=O) groups excluding carboxylic acids is 3. The Kier molecular flexibility index (Phi) is 4.30. The molecule has 0 aliphatic carbocycles. The first-order valence-corrected chi connectivity index (χ1v) is 6.65. The van der Waals surface area contributed by atoms with Crippen molar-refractivity contribution in [1.82, 2.24) is 4.90 Å². The van der Waals surface area contributed by atoms with E-state index in [1.54, 1.807) is 12.1 Å². The summed E-state index contributed by atoms with van der Waals surface area (Å²) in [6, 6.07) is 6.33. The van der Waals surface area contributed by atoms with Crippen LogP contribution in [0.3, 0.4) is 0 Å². The highest BCUT2D eigenvalue weighted by Gasteiger charge is 2.38. The molecule has 0 aromatic heterocycles. The van der Waals surface area contributed by atoms with Gasteiger partial charge in [-0.3, -0.25) is 19.3 Å². The number of hydrogen-bond donors (Lipinski definition) is 1. The van der Waals surface area contributed by atoms with Crippen LogP contribution in [0.1, 0.15) is 34.6 Å². The summed E-state index contributed by atoms with van der Waals surface area (Å²) >= 11 is 0. The summed E-state index contributed by atoms with van der Waals surface area (Å²) in [5, 5.41) is 9.78. The molecular weight excluding hydrogens is 290 g/mol. The second kappa shape index (κ2) is 5.86. The molecule has 118 valence electrons. The maximum atomic E-state index is 12.1. The third-order valence-electron chi connectivity index (χ3n) is 3.19. The molecule has 0 saturated carbocycles. The molecule has 2 rings (SSSR count). The van der Waals surface area contributed by atoms with Crippen molar-refractivity contribution in [3.05, 3.63) is 35.4 Å². The number of imide groups is 1. The topological polar surface area (TPSA) is 93.1 Å². The van der Waals surface area contributed by atoms with E-state index in [9.17, 15) is 19.5 Å². The SMILES string of the molecule is CO[C@H](OC(=O)CN1C(=O)c2ccccc2C1=O)C(C)(C)O. The quantitative estimate of drug-likeness (QED) is 0.485. The zero-order valence-electron chi connectivity index (χ0n) is 12.5. The van der Waals surface area contributed by atoms with Crippen molar-refractivity contribution in [2.45, 2.75) is 25.7 Å². The molecule has 1 N–H and O–H groups in total. The second-order valence-electron chi connectivity index (χ2n) is 5.45. The molecule has 1 heterocycles.